The van der Waals surface area contributed by atoms with Gasteiger partial charge in [-0.05, 0) is 69.6 Å². The number of hydrogen-bond acceptors (Lipinski definition) is 3. The first-order valence-electron chi connectivity index (χ1n) is 11.9. The molecule has 2 atom stereocenters. The van der Waals surface area contributed by atoms with Crippen molar-refractivity contribution in [3.05, 3.63) is 35.9 Å². The highest BCUT2D eigenvalue weighted by molar-refractivity contribution is 5.78. The molecule has 0 fully saturated rings. The third-order valence-corrected chi connectivity index (χ3v) is 5.74. The number of unbranched alkanes of at least 4 members (excludes halogenated alkanes) is 6. The number of nitrogens with two attached hydrogens (primary N) is 1. The van der Waals surface area contributed by atoms with E-state index in [9.17, 15) is 4.79 Å². The van der Waals surface area contributed by atoms with Crippen molar-refractivity contribution in [1.82, 2.24) is 10.6 Å². The summed E-state index contributed by atoms with van der Waals surface area (Å²) in [6.45, 7) is 8.12. The Kier molecular flexibility index (Phi) is 15.4. The molecule has 0 bridgehead atoms. The Morgan fingerprint density at radius 2 is 1.48 bits per heavy atom. The molecule has 0 saturated carbocycles. The predicted octanol–water partition coefficient (Wildman–Crippen LogP) is 4.99. The van der Waals surface area contributed by atoms with Gasteiger partial charge in [0.2, 0.25) is 5.91 Å². The van der Waals surface area contributed by atoms with Crippen LogP contribution >= 0.6 is 0 Å². The van der Waals surface area contributed by atoms with Gasteiger partial charge < -0.3 is 16.4 Å². The molecule has 0 aliphatic carbocycles. The van der Waals surface area contributed by atoms with Crippen molar-refractivity contribution in [3.63, 3.8) is 0 Å². The van der Waals surface area contributed by atoms with E-state index in [0.717, 1.165) is 51.9 Å². The molecule has 0 spiro atoms. The second-order valence-electron chi connectivity index (χ2n) is 8.31. The Morgan fingerprint density at radius 1 is 0.897 bits per heavy atom. The molecule has 4 heteroatoms. The number of rotatable bonds is 18. The summed E-state index contributed by atoms with van der Waals surface area (Å²) in [5.41, 5.74) is 6.84. The quantitative estimate of drug-likeness (QED) is 0.302. The SMILES string of the molecule is CCC(CC(C)C(=O)NCCCCCCNCCCCCCN)c1ccccc1. The van der Waals surface area contributed by atoms with E-state index in [0.29, 0.717) is 5.92 Å². The number of benzene rings is 1. The van der Waals surface area contributed by atoms with Crippen LogP contribution in [0.2, 0.25) is 0 Å². The van der Waals surface area contributed by atoms with Gasteiger partial charge in [0.25, 0.3) is 0 Å². The van der Waals surface area contributed by atoms with E-state index in [2.05, 4.69) is 48.7 Å². The number of nitrogens with one attached hydrogen (secondary N) is 2. The zero-order valence-electron chi connectivity index (χ0n) is 18.9. The summed E-state index contributed by atoms with van der Waals surface area (Å²) in [4.78, 5) is 12.4. The lowest BCUT2D eigenvalue weighted by molar-refractivity contribution is -0.124. The molecule has 1 aromatic rings. The molecule has 0 aliphatic heterocycles. The van der Waals surface area contributed by atoms with Gasteiger partial charge in [-0.1, -0.05) is 69.9 Å². The lowest BCUT2D eigenvalue weighted by Gasteiger charge is -2.20. The van der Waals surface area contributed by atoms with Crippen molar-refractivity contribution in [1.29, 1.82) is 0 Å². The minimum atomic E-state index is 0.0641. The predicted molar refractivity (Wildman–Crippen MR) is 125 cm³/mol. The molecule has 1 rings (SSSR count). The maximum atomic E-state index is 12.4. The maximum absolute atomic E-state index is 12.4. The van der Waals surface area contributed by atoms with E-state index in [-0.39, 0.29) is 11.8 Å². The van der Waals surface area contributed by atoms with Crippen LogP contribution in [0, 0.1) is 5.92 Å². The van der Waals surface area contributed by atoms with E-state index in [4.69, 9.17) is 5.73 Å². The fourth-order valence-corrected chi connectivity index (χ4v) is 3.78. The third-order valence-electron chi connectivity index (χ3n) is 5.74. The van der Waals surface area contributed by atoms with Gasteiger partial charge >= 0.3 is 0 Å². The zero-order valence-corrected chi connectivity index (χ0v) is 18.9. The first-order valence-corrected chi connectivity index (χ1v) is 11.9. The Bertz CT molecular complexity index is 506. The molecule has 0 saturated heterocycles. The highest BCUT2D eigenvalue weighted by atomic mass is 16.1. The third kappa shape index (κ3) is 12.7. The number of carbonyl (C=O) groups is 1. The molecular formula is C25H45N3O. The van der Waals surface area contributed by atoms with E-state index >= 15 is 0 Å². The number of hydrogen-bond donors (Lipinski definition) is 3. The average Bonchev–Trinajstić information content (AvgIpc) is 2.75. The van der Waals surface area contributed by atoms with E-state index < -0.39 is 0 Å². The van der Waals surface area contributed by atoms with E-state index in [1.54, 1.807) is 0 Å². The average molecular weight is 404 g/mol. The second-order valence-corrected chi connectivity index (χ2v) is 8.31. The molecule has 0 radical (unpaired) electrons. The van der Waals surface area contributed by atoms with Crippen molar-refractivity contribution in [2.45, 2.75) is 84.0 Å². The van der Waals surface area contributed by atoms with Crippen molar-refractivity contribution in [3.8, 4) is 0 Å². The Balaban J connectivity index is 2.00. The molecule has 1 amide bonds. The van der Waals surface area contributed by atoms with Crippen LogP contribution in [0.15, 0.2) is 30.3 Å². The van der Waals surface area contributed by atoms with E-state index in [1.165, 1.54) is 44.1 Å². The van der Waals surface area contributed by atoms with Gasteiger partial charge in [-0.15, -0.1) is 0 Å². The van der Waals surface area contributed by atoms with Crippen LogP contribution in [-0.4, -0.2) is 32.1 Å². The van der Waals surface area contributed by atoms with Crippen LogP contribution in [0.3, 0.4) is 0 Å². The monoisotopic (exact) mass is 403 g/mol. The summed E-state index contributed by atoms with van der Waals surface area (Å²) < 4.78 is 0. The molecule has 0 aromatic heterocycles. The summed E-state index contributed by atoms with van der Waals surface area (Å²) in [5, 5.41) is 6.66. The van der Waals surface area contributed by atoms with Gasteiger partial charge in [-0.2, -0.15) is 0 Å². The van der Waals surface area contributed by atoms with Crippen LogP contribution in [-0.2, 0) is 4.79 Å². The highest BCUT2D eigenvalue weighted by Crippen LogP contribution is 2.26. The lowest BCUT2D eigenvalue weighted by Crippen LogP contribution is -2.30. The topological polar surface area (TPSA) is 67.2 Å². The first-order chi connectivity index (χ1) is 14.2. The van der Waals surface area contributed by atoms with Crippen molar-refractivity contribution < 1.29 is 4.79 Å². The molecule has 0 aliphatic rings. The van der Waals surface area contributed by atoms with E-state index in [1.807, 2.05) is 6.07 Å². The van der Waals surface area contributed by atoms with Gasteiger partial charge in [0.15, 0.2) is 0 Å². The van der Waals surface area contributed by atoms with Crippen LogP contribution < -0.4 is 16.4 Å². The standard InChI is InChI=1S/C25H45N3O/c1-3-23(24-15-9-8-10-16-24)21-22(2)25(29)28-20-14-7-6-13-19-27-18-12-5-4-11-17-26/h8-10,15-16,22-23,27H,3-7,11-14,17-21,26H2,1-2H3,(H,28,29). The molecule has 4 N–H and O–H groups in total. The Morgan fingerprint density at radius 3 is 2.07 bits per heavy atom. The Hall–Kier alpha value is -1.39. The maximum Gasteiger partial charge on any atom is 0.222 e. The van der Waals surface area contributed by atoms with Crippen molar-refractivity contribution >= 4 is 5.91 Å². The molecule has 166 valence electrons. The van der Waals surface area contributed by atoms with Crippen LogP contribution in [0.5, 0.6) is 0 Å². The zero-order chi connectivity index (χ0) is 21.2. The minimum absolute atomic E-state index is 0.0641. The van der Waals surface area contributed by atoms with Gasteiger partial charge in [0.05, 0.1) is 0 Å². The van der Waals surface area contributed by atoms with Crippen LogP contribution in [0.1, 0.15) is 89.5 Å². The summed E-state index contributed by atoms with van der Waals surface area (Å²) >= 11 is 0. The van der Waals surface area contributed by atoms with Crippen LogP contribution in [0.25, 0.3) is 0 Å². The fourth-order valence-electron chi connectivity index (χ4n) is 3.78. The van der Waals surface area contributed by atoms with Gasteiger partial charge in [0, 0.05) is 12.5 Å². The summed E-state index contributed by atoms with van der Waals surface area (Å²) in [7, 11) is 0. The Labute approximate surface area is 179 Å². The van der Waals surface area contributed by atoms with Gasteiger partial charge in [0.1, 0.15) is 0 Å². The summed E-state index contributed by atoms with van der Waals surface area (Å²) in [5.74, 6) is 0.731. The fraction of sp³-hybridized carbons (Fsp3) is 0.720. The molecule has 2 unspecified atom stereocenters. The normalized spacial score (nSPS) is 13.2. The lowest BCUT2D eigenvalue weighted by atomic mass is 9.87. The number of amides is 1. The van der Waals surface area contributed by atoms with Crippen molar-refractivity contribution in [2.24, 2.45) is 11.7 Å². The smallest absolute Gasteiger partial charge is 0.222 e. The van der Waals surface area contributed by atoms with Crippen molar-refractivity contribution in [2.75, 3.05) is 26.2 Å². The molecular weight excluding hydrogens is 358 g/mol. The summed E-state index contributed by atoms with van der Waals surface area (Å²) in [6.07, 6.45) is 11.7. The van der Waals surface area contributed by atoms with Gasteiger partial charge in [-0.25, -0.2) is 0 Å². The molecule has 1 aromatic carbocycles. The number of carbonyl (C=O) groups excluding carboxylic acids is 1. The van der Waals surface area contributed by atoms with Crippen LogP contribution in [0.4, 0.5) is 0 Å². The summed E-state index contributed by atoms with van der Waals surface area (Å²) in [6, 6.07) is 10.6. The first kappa shape index (κ1) is 25.6. The molecule has 29 heavy (non-hydrogen) atoms. The molecule has 0 heterocycles. The highest BCUT2D eigenvalue weighted by Gasteiger charge is 2.18. The second kappa shape index (κ2) is 17.5. The minimum Gasteiger partial charge on any atom is -0.356 e. The largest absolute Gasteiger partial charge is 0.356 e. The molecule has 4 nitrogen and oxygen atoms in total. The van der Waals surface area contributed by atoms with Gasteiger partial charge in [-0.3, -0.25) is 4.79 Å².